The lowest BCUT2D eigenvalue weighted by molar-refractivity contribution is 0.401. The quantitative estimate of drug-likeness (QED) is 0.739. The summed E-state index contributed by atoms with van der Waals surface area (Å²) >= 11 is 0. The van der Waals surface area contributed by atoms with Gasteiger partial charge in [-0.25, -0.2) is 0 Å². The number of hydrogen-bond acceptors (Lipinski definition) is 3. The normalized spacial score (nSPS) is 12.2. The lowest BCUT2D eigenvalue weighted by Gasteiger charge is -2.29. The number of nitrogens with one attached hydrogen (secondary N) is 1. The second-order valence-electron chi connectivity index (χ2n) is 5.15. The Balaban J connectivity index is 3.14. The highest BCUT2D eigenvalue weighted by Gasteiger charge is 2.18. The Kier molecular flexibility index (Phi) is 7.45. The number of methoxy groups -OCH3 is 1. The van der Waals surface area contributed by atoms with E-state index in [1.807, 2.05) is 0 Å². The number of ether oxygens (including phenoxy) is 1. The Morgan fingerprint density at radius 1 is 1.20 bits per heavy atom. The first-order chi connectivity index (χ1) is 9.69. The monoisotopic (exact) mass is 278 g/mol. The smallest absolute Gasteiger partial charge is 0.125 e. The van der Waals surface area contributed by atoms with Crippen molar-refractivity contribution in [2.45, 2.75) is 46.6 Å². The second kappa shape index (κ2) is 8.85. The summed E-state index contributed by atoms with van der Waals surface area (Å²) in [5.74, 6) is 0.980. The van der Waals surface area contributed by atoms with Crippen LogP contribution in [0.3, 0.4) is 0 Å². The minimum absolute atomic E-state index is 0.298. The number of anilines is 1. The number of hydrogen-bond donors (Lipinski definition) is 1. The van der Waals surface area contributed by atoms with Crippen molar-refractivity contribution in [2.24, 2.45) is 0 Å². The van der Waals surface area contributed by atoms with Gasteiger partial charge in [-0.05, 0) is 45.4 Å². The topological polar surface area (TPSA) is 24.5 Å². The molecule has 20 heavy (non-hydrogen) atoms. The van der Waals surface area contributed by atoms with E-state index in [-0.39, 0.29) is 0 Å². The Morgan fingerprint density at radius 3 is 2.50 bits per heavy atom. The molecule has 1 atom stereocenters. The minimum atomic E-state index is 0.298. The van der Waals surface area contributed by atoms with Crippen LogP contribution in [0, 0.1) is 0 Å². The number of benzene rings is 1. The Labute approximate surface area is 124 Å². The molecule has 0 bridgehead atoms. The molecular formula is C17H30N2O. The summed E-state index contributed by atoms with van der Waals surface area (Å²) in [6.07, 6.45) is 2.29. The van der Waals surface area contributed by atoms with Gasteiger partial charge in [0.15, 0.2) is 0 Å². The molecule has 3 heteroatoms. The SMILES string of the molecule is CCCNC(C)c1c(OC)cccc1N(CC)CCC. The predicted molar refractivity (Wildman–Crippen MR) is 87.9 cm³/mol. The van der Waals surface area contributed by atoms with Crippen LogP contribution in [0.25, 0.3) is 0 Å². The molecule has 0 heterocycles. The van der Waals surface area contributed by atoms with Gasteiger partial charge in [0.05, 0.1) is 7.11 Å². The third-order valence-electron chi connectivity index (χ3n) is 3.61. The molecule has 1 rings (SSSR count). The van der Waals surface area contributed by atoms with Crippen molar-refractivity contribution in [1.82, 2.24) is 5.32 Å². The highest BCUT2D eigenvalue weighted by molar-refractivity contribution is 5.60. The molecule has 0 amide bonds. The van der Waals surface area contributed by atoms with Gasteiger partial charge in [-0.3, -0.25) is 0 Å². The first-order valence-electron chi connectivity index (χ1n) is 7.84. The summed E-state index contributed by atoms with van der Waals surface area (Å²) in [5, 5.41) is 3.58. The molecule has 0 aliphatic carbocycles. The van der Waals surface area contributed by atoms with Crippen molar-refractivity contribution >= 4 is 5.69 Å². The minimum Gasteiger partial charge on any atom is -0.496 e. The van der Waals surface area contributed by atoms with Gasteiger partial charge in [-0.15, -0.1) is 0 Å². The van der Waals surface area contributed by atoms with Crippen LogP contribution in [-0.4, -0.2) is 26.7 Å². The molecule has 3 nitrogen and oxygen atoms in total. The van der Waals surface area contributed by atoms with E-state index in [0.717, 1.165) is 38.2 Å². The van der Waals surface area contributed by atoms with Crippen LogP contribution in [0.2, 0.25) is 0 Å². The molecule has 0 fully saturated rings. The van der Waals surface area contributed by atoms with E-state index in [1.54, 1.807) is 7.11 Å². The Hall–Kier alpha value is -1.22. The molecule has 1 unspecified atom stereocenters. The molecule has 0 aliphatic rings. The molecule has 0 aromatic heterocycles. The fraction of sp³-hybridized carbons (Fsp3) is 0.647. The maximum absolute atomic E-state index is 5.59. The van der Waals surface area contributed by atoms with E-state index in [1.165, 1.54) is 11.3 Å². The van der Waals surface area contributed by atoms with Crippen LogP contribution >= 0.6 is 0 Å². The highest BCUT2D eigenvalue weighted by Crippen LogP contribution is 2.34. The maximum Gasteiger partial charge on any atom is 0.125 e. The average Bonchev–Trinajstić information content (AvgIpc) is 2.49. The molecule has 0 spiro atoms. The van der Waals surface area contributed by atoms with Gasteiger partial charge in [-0.1, -0.05) is 19.9 Å². The first-order valence-corrected chi connectivity index (χ1v) is 7.84. The van der Waals surface area contributed by atoms with Crippen LogP contribution in [0.5, 0.6) is 5.75 Å². The van der Waals surface area contributed by atoms with Crippen molar-refractivity contribution in [2.75, 3.05) is 31.6 Å². The summed E-state index contributed by atoms with van der Waals surface area (Å²) in [4.78, 5) is 2.43. The molecule has 0 aliphatic heterocycles. The fourth-order valence-electron chi connectivity index (χ4n) is 2.60. The average molecular weight is 278 g/mol. The van der Waals surface area contributed by atoms with E-state index in [0.29, 0.717) is 6.04 Å². The van der Waals surface area contributed by atoms with Crippen LogP contribution in [0.15, 0.2) is 18.2 Å². The van der Waals surface area contributed by atoms with Crippen molar-refractivity contribution in [1.29, 1.82) is 0 Å². The maximum atomic E-state index is 5.59. The lowest BCUT2D eigenvalue weighted by atomic mass is 10.0. The summed E-state index contributed by atoms with van der Waals surface area (Å²) in [5.41, 5.74) is 2.57. The van der Waals surface area contributed by atoms with Gasteiger partial charge in [0.25, 0.3) is 0 Å². The third-order valence-corrected chi connectivity index (χ3v) is 3.61. The molecule has 114 valence electrons. The van der Waals surface area contributed by atoms with Crippen molar-refractivity contribution < 1.29 is 4.74 Å². The van der Waals surface area contributed by atoms with Crippen LogP contribution in [-0.2, 0) is 0 Å². The van der Waals surface area contributed by atoms with E-state index in [9.17, 15) is 0 Å². The van der Waals surface area contributed by atoms with E-state index in [4.69, 9.17) is 4.74 Å². The molecule has 0 saturated carbocycles. The van der Waals surface area contributed by atoms with Gasteiger partial charge in [-0.2, -0.15) is 0 Å². The van der Waals surface area contributed by atoms with Gasteiger partial charge < -0.3 is 15.0 Å². The van der Waals surface area contributed by atoms with Crippen LogP contribution in [0.1, 0.15) is 52.1 Å². The van der Waals surface area contributed by atoms with Crippen molar-refractivity contribution in [3.63, 3.8) is 0 Å². The zero-order valence-corrected chi connectivity index (χ0v) is 13.7. The Bertz CT molecular complexity index is 393. The van der Waals surface area contributed by atoms with Crippen LogP contribution < -0.4 is 15.0 Å². The zero-order valence-electron chi connectivity index (χ0n) is 13.7. The lowest BCUT2D eigenvalue weighted by Crippen LogP contribution is -2.28. The molecule has 1 N–H and O–H groups in total. The molecular weight excluding hydrogens is 248 g/mol. The molecule has 0 radical (unpaired) electrons. The molecule has 1 aromatic rings. The zero-order chi connectivity index (χ0) is 15.0. The molecule has 0 saturated heterocycles. The van der Waals surface area contributed by atoms with E-state index >= 15 is 0 Å². The second-order valence-corrected chi connectivity index (χ2v) is 5.15. The number of rotatable bonds is 9. The summed E-state index contributed by atoms with van der Waals surface area (Å²) in [7, 11) is 1.76. The van der Waals surface area contributed by atoms with Gasteiger partial charge >= 0.3 is 0 Å². The van der Waals surface area contributed by atoms with E-state index < -0.39 is 0 Å². The van der Waals surface area contributed by atoms with Gasteiger partial charge in [0.2, 0.25) is 0 Å². The van der Waals surface area contributed by atoms with Gasteiger partial charge in [0, 0.05) is 30.4 Å². The molecule has 1 aromatic carbocycles. The largest absolute Gasteiger partial charge is 0.496 e. The Morgan fingerprint density at radius 2 is 1.95 bits per heavy atom. The predicted octanol–water partition coefficient (Wildman–Crippen LogP) is 3.99. The standard InChI is InChI=1S/C17H30N2O/c1-6-12-18-14(4)17-15(19(8-3)13-7-2)10-9-11-16(17)20-5/h9-11,14,18H,6-8,12-13H2,1-5H3. The summed E-state index contributed by atoms with van der Waals surface area (Å²) in [6.45, 7) is 12.0. The highest BCUT2D eigenvalue weighted by atomic mass is 16.5. The summed E-state index contributed by atoms with van der Waals surface area (Å²) < 4.78 is 5.59. The van der Waals surface area contributed by atoms with Crippen molar-refractivity contribution in [3.8, 4) is 5.75 Å². The van der Waals surface area contributed by atoms with Crippen LogP contribution in [0.4, 0.5) is 5.69 Å². The van der Waals surface area contributed by atoms with Crippen molar-refractivity contribution in [3.05, 3.63) is 23.8 Å². The fourth-order valence-corrected chi connectivity index (χ4v) is 2.60. The first kappa shape index (κ1) is 16.8. The number of nitrogens with zero attached hydrogens (tertiary/aromatic N) is 1. The third kappa shape index (κ3) is 4.14. The summed E-state index contributed by atoms with van der Waals surface area (Å²) in [6, 6.07) is 6.65. The van der Waals surface area contributed by atoms with Gasteiger partial charge in [0.1, 0.15) is 5.75 Å². The van der Waals surface area contributed by atoms with E-state index in [2.05, 4.69) is 56.1 Å².